The minimum absolute atomic E-state index is 0.0610. The molecule has 1 aliphatic rings. The molecule has 28 heavy (non-hydrogen) atoms. The zero-order valence-electron chi connectivity index (χ0n) is 15.6. The van der Waals surface area contributed by atoms with Crippen LogP contribution in [0.3, 0.4) is 0 Å². The number of hydrogen-bond donors (Lipinski definition) is 1. The van der Waals surface area contributed by atoms with Crippen LogP contribution in [0.15, 0.2) is 71.4 Å². The van der Waals surface area contributed by atoms with Gasteiger partial charge in [-0.05, 0) is 23.6 Å². The van der Waals surface area contributed by atoms with Gasteiger partial charge in [0, 0.05) is 25.2 Å². The molecule has 0 unspecified atom stereocenters. The Balaban J connectivity index is 1.66. The first-order chi connectivity index (χ1) is 13.6. The molecule has 0 saturated carbocycles. The lowest BCUT2D eigenvalue weighted by Crippen LogP contribution is -2.44. The van der Waals surface area contributed by atoms with Crippen molar-refractivity contribution < 1.29 is 14.1 Å². The number of fused-ring (bicyclic) bond motifs is 1. The van der Waals surface area contributed by atoms with Crippen molar-refractivity contribution in [2.45, 2.75) is 24.8 Å². The Morgan fingerprint density at radius 2 is 1.86 bits per heavy atom. The average Bonchev–Trinajstić information content (AvgIpc) is 3.31. The van der Waals surface area contributed by atoms with E-state index in [2.05, 4.69) is 10.5 Å². The molecule has 1 aromatic heterocycles. The molecule has 6 heteroatoms. The number of amides is 2. The lowest BCUT2D eigenvalue weighted by molar-refractivity contribution is -0.129. The molecule has 2 heterocycles. The second-order valence-electron chi connectivity index (χ2n) is 7.07. The van der Waals surface area contributed by atoms with Crippen molar-refractivity contribution in [3.05, 3.63) is 83.7 Å². The fourth-order valence-corrected chi connectivity index (χ4v) is 3.92. The van der Waals surface area contributed by atoms with Crippen molar-refractivity contribution in [3.8, 4) is 0 Å². The summed E-state index contributed by atoms with van der Waals surface area (Å²) >= 11 is 0. The highest BCUT2D eigenvalue weighted by Crippen LogP contribution is 2.45. The number of nitrogens with zero attached hydrogens (tertiary/aromatic N) is 2. The average molecular weight is 375 g/mol. The molecule has 142 valence electrons. The number of rotatable bonds is 6. The lowest BCUT2D eigenvalue weighted by Gasteiger charge is -2.28. The molecule has 2 amide bonds. The summed E-state index contributed by atoms with van der Waals surface area (Å²) in [6.07, 6.45) is 2.00. The van der Waals surface area contributed by atoms with Crippen LogP contribution >= 0.6 is 0 Å². The maximum atomic E-state index is 13.4. The third-order valence-corrected chi connectivity index (χ3v) is 5.26. The zero-order chi connectivity index (χ0) is 19.6. The van der Waals surface area contributed by atoms with Crippen molar-refractivity contribution in [1.29, 1.82) is 0 Å². The standard InChI is InChI=1S/C22H21N3O3/c1-25-19-10-6-5-9-18(19)22(21(25)27,13-16-7-3-2-4-8-16)14-20(26)23-15-17-11-12-28-24-17/h2-12H,13-15H2,1H3,(H,23,26)/t22-/m0/s1. The van der Waals surface area contributed by atoms with Crippen LogP contribution in [-0.2, 0) is 28.0 Å². The van der Waals surface area contributed by atoms with Crippen LogP contribution in [-0.4, -0.2) is 24.0 Å². The van der Waals surface area contributed by atoms with Crippen molar-refractivity contribution in [2.75, 3.05) is 11.9 Å². The molecule has 1 atom stereocenters. The van der Waals surface area contributed by atoms with E-state index >= 15 is 0 Å². The molecule has 0 saturated heterocycles. The van der Waals surface area contributed by atoms with Gasteiger partial charge in [-0.25, -0.2) is 0 Å². The van der Waals surface area contributed by atoms with Gasteiger partial charge in [0.15, 0.2) is 0 Å². The summed E-state index contributed by atoms with van der Waals surface area (Å²) in [4.78, 5) is 27.8. The molecule has 0 aliphatic carbocycles. The SMILES string of the molecule is CN1C(=O)[C@](CC(=O)NCc2ccon2)(Cc2ccccc2)c2ccccc21. The number of benzene rings is 2. The maximum absolute atomic E-state index is 13.4. The normalized spacial score (nSPS) is 18.2. The van der Waals surface area contributed by atoms with Gasteiger partial charge in [0.05, 0.1) is 12.0 Å². The van der Waals surface area contributed by atoms with Gasteiger partial charge in [-0.1, -0.05) is 53.7 Å². The molecule has 2 aromatic carbocycles. The van der Waals surface area contributed by atoms with Crippen LogP contribution in [0.4, 0.5) is 5.69 Å². The Morgan fingerprint density at radius 3 is 2.61 bits per heavy atom. The summed E-state index contributed by atoms with van der Waals surface area (Å²) in [5, 5.41) is 6.66. The first-order valence-electron chi connectivity index (χ1n) is 9.18. The van der Waals surface area contributed by atoms with E-state index in [4.69, 9.17) is 4.52 Å². The van der Waals surface area contributed by atoms with E-state index in [0.717, 1.165) is 16.8 Å². The van der Waals surface area contributed by atoms with Gasteiger partial charge in [-0.15, -0.1) is 0 Å². The van der Waals surface area contributed by atoms with Gasteiger partial charge < -0.3 is 14.7 Å². The first-order valence-corrected chi connectivity index (χ1v) is 9.18. The Hall–Kier alpha value is -3.41. The van der Waals surface area contributed by atoms with E-state index in [9.17, 15) is 9.59 Å². The van der Waals surface area contributed by atoms with E-state index in [-0.39, 0.29) is 24.8 Å². The second kappa shape index (κ2) is 7.31. The number of carbonyl (C=O) groups is 2. The van der Waals surface area contributed by atoms with E-state index in [0.29, 0.717) is 12.1 Å². The second-order valence-corrected chi connectivity index (χ2v) is 7.07. The van der Waals surface area contributed by atoms with Crippen LogP contribution in [0, 0.1) is 0 Å². The Labute approximate surface area is 163 Å². The minimum Gasteiger partial charge on any atom is -0.364 e. The van der Waals surface area contributed by atoms with E-state index in [1.807, 2.05) is 54.6 Å². The molecule has 0 radical (unpaired) electrons. The number of hydrogen-bond acceptors (Lipinski definition) is 4. The fraction of sp³-hybridized carbons (Fsp3) is 0.227. The monoisotopic (exact) mass is 375 g/mol. The Bertz CT molecular complexity index is 985. The first kappa shape index (κ1) is 18.0. The predicted molar refractivity (Wildman–Crippen MR) is 105 cm³/mol. The lowest BCUT2D eigenvalue weighted by atomic mass is 9.73. The molecule has 4 rings (SSSR count). The van der Waals surface area contributed by atoms with Crippen LogP contribution in [0.25, 0.3) is 0 Å². The van der Waals surface area contributed by atoms with Gasteiger partial charge in [0.25, 0.3) is 0 Å². The summed E-state index contributed by atoms with van der Waals surface area (Å²) in [7, 11) is 1.77. The number of anilines is 1. The van der Waals surface area contributed by atoms with Gasteiger partial charge >= 0.3 is 0 Å². The van der Waals surface area contributed by atoms with Crippen molar-refractivity contribution in [3.63, 3.8) is 0 Å². The molecule has 1 aliphatic heterocycles. The molecule has 0 spiro atoms. The smallest absolute Gasteiger partial charge is 0.238 e. The quantitative estimate of drug-likeness (QED) is 0.719. The van der Waals surface area contributed by atoms with E-state index < -0.39 is 5.41 Å². The number of nitrogens with one attached hydrogen (secondary N) is 1. The zero-order valence-corrected chi connectivity index (χ0v) is 15.6. The highest BCUT2D eigenvalue weighted by atomic mass is 16.5. The third kappa shape index (κ3) is 3.17. The number of aromatic nitrogens is 1. The molecular weight excluding hydrogens is 354 g/mol. The third-order valence-electron chi connectivity index (χ3n) is 5.26. The Morgan fingerprint density at radius 1 is 1.11 bits per heavy atom. The molecule has 3 aromatic rings. The topological polar surface area (TPSA) is 75.4 Å². The summed E-state index contributed by atoms with van der Waals surface area (Å²) in [5.41, 5.74) is 2.47. The Kier molecular flexibility index (Phi) is 4.69. The van der Waals surface area contributed by atoms with Gasteiger partial charge in [0.2, 0.25) is 11.8 Å². The van der Waals surface area contributed by atoms with Crippen molar-refractivity contribution >= 4 is 17.5 Å². The maximum Gasteiger partial charge on any atom is 0.238 e. The van der Waals surface area contributed by atoms with Gasteiger partial charge in [0.1, 0.15) is 12.0 Å². The van der Waals surface area contributed by atoms with Crippen molar-refractivity contribution in [2.24, 2.45) is 0 Å². The van der Waals surface area contributed by atoms with E-state index in [1.165, 1.54) is 6.26 Å². The number of carbonyl (C=O) groups excluding carboxylic acids is 2. The van der Waals surface area contributed by atoms with E-state index in [1.54, 1.807) is 18.0 Å². The number of para-hydroxylation sites is 1. The summed E-state index contributed by atoms with van der Waals surface area (Å²) in [5.74, 6) is -0.258. The molecule has 6 nitrogen and oxygen atoms in total. The summed E-state index contributed by atoms with van der Waals surface area (Å²) in [6, 6.07) is 19.2. The summed E-state index contributed by atoms with van der Waals surface area (Å²) in [6.45, 7) is 0.266. The highest BCUT2D eigenvalue weighted by molar-refractivity contribution is 6.09. The summed E-state index contributed by atoms with van der Waals surface area (Å²) < 4.78 is 4.79. The molecule has 1 N–H and O–H groups in total. The fourth-order valence-electron chi connectivity index (χ4n) is 3.92. The largest absolute Gasteiger partial charge is 0.364 e. The molecular formula is C22H21N3O3. The minimum atomic E-state index is -0.930. The highest BCUT2D eigenvalue weighted by Gasteiger charge is 2.50. The van der Waals surface area contributed by atoms with Crippen molar-refractivity contribution in [1.82, 2.24) is 10.5 Å². The van der Waals surface area contributed by atoms with Crippen LogP contribution in [0.2, 0.25) is 0 Å². The molecule has 0 bridgehead atoms. The number of likely N-dealkylation sites (N-methyl/N-ethyl adjacent to an activating group) is 1. The van der Waals surface area contributed by atoms with Crippen LogP contribution in [0.5, 0.6) is 0 Å². The van der Waals surface area contributed by atoms with Crippen LogP contribution < -0.4 is 10.2 Å². The predicted octanol–water partition coefficient (Wildman–Crippen LogP) is 2.84. The van der Waals surface area contributed by atoms with Gasteiger partial charge in [-0.3, -0.25) is 9.59 Å². The molecule has 0 fully saturated rings. The van der Waals surface area contributed by atoms with Crippen LogP contribution in [0.1, 0.15) is 23.2 Å². The van der Waals surface area contributed by atoms with Gasteiger partial charge in [-0.2, -0.15) is 0 Å².